The number of hydrogen-bond acceptors (Lipinski definition) is 4. The number of furan rings is 1. The third kappa shape index (κ3) is 4.34. The van der Waals surface area contributed by atoms with Crippen molar-refractivity contribution >= 4 is 0 Å². The van der Waals surface area contributed by atoms with Gasteiger partial charge in [-0.05, 0) is 38.6 Å². The second-order valence-electron chi connectivity index (χ2n) is 5.73. The van der Waals surface area contributed by atoms with Gasteiger partial charge in [-0.1, -0.05) is 6.92 Å². The fraction of sp³-hybridized carbons (Fsp3) is 0.733. The van der Waals surface area contributed by atoms with Gasteiger partial charge in [-0.15, -0.1) is 0 Å². The van der Waals surface area contributed by atoms with Gasteiger partial charge in [0.15, 0.2) is 0 Å². The Morgan fingerprint density at radius 1 is 1.47 bits per heavy atom. The monoisotopic (exact) mass is 266 g/mol. The van der Waals surface area contributed by atoms with Crippen molar-refractivity contribution in [3.05, 3.63) is 24.2 Å². The van der Waals surface area contributed by atoms with Crippen LogP contribution in [0.5, 0.6) is 0 Å². The summed E-state index contributed by atoms with van der Waals surface area (Å²) in [5.41, 5.74) is 0.260. The first-order valence-corrected chi connectivity index (χ1v) is 7.23. The maximum absolute atomic E-state index is 5.64. The van der Waals surface area contributed by atoms with E-state index in [2.05, 4.69) is 24.2 Å². The summed E-state index contributed by atoms with van der Waals surface area (Å²) in [4.78, 5) is 2.33. The van der Waals surface area contributed by atoms with Crippen LogP contribution in [0, 0.1) is 5.41 Å². The Morgan fingerprint density at radius 2 is 2.37 bits per heavy atom. The summed E-state index contributed by atoms with van der Waals surface area (Å²) in [7, 11) is 2.16. The van der Waals surface area contributed by atoms with Crippen molar-refractivity contribution in [1.82, 2.24) is 10.2 Å². The van der Waals surface area contributed by atoms with Crippen LogP contribution in [0.2, 0.25) is 0 Å². The first-order chi connectivity index (χ1) is 9.24. The van der Waals surface area contributed by atoms with Crippen LogP contribution >= 0.6 is 0 Å². The van der Waals surface area contributed by atoms with Gasteiger partial charge in [-0.2, -0.15) is 0 Å². The molecule has 108 valence electrons. The molecule has 1 atom stereocenters. The SMILES string of the molecule is CCCNCC1(CN(C)Cc2ccco2)CCOC1. The molecule has 1 saturated heterocycles. The standard InChI is InChI=1S/C15H26N2O2/c1-3-7-16-11-15(6-9-18-13-15)12-17(2)10-14-5-4-8-19-14/h4-5,8,16H,3,6-7,9-13H2,1-2H3. The van der Waals surface area contributed by atoms with Gasteiger partial charge < -0.3 is 14.5 Å². The number of hydrogen-bond donors (Lipinski definition) is 1. The van der Waals surface area contributed by atoms with Crippen molar-refractivity contribution in [2.24, 2.45) is 5.41 Å². The van der Waals surface area contributed by atoms with E-state index in [1.54, 1.807) is 6.26 Å². The Morgan fingerprint density at radius 3 is 3.00 bits per heavy atom. The highest BCUT2D eigenvalue weighted by atomic mass is 16.5. The highest BCUT2D eigenvalue weighted by molar-refractivity contribution is 4.98. The molecule has 2 rings (SSSR count). The van der Waals surface area contributed by atoms with E-state index in [9.17, 15) is 0 Å². The van der Waals surface area contributed by atoms with E-state index in [4.69, 9.17) is 9.15 Å². The van der Waals surface area contributed by atoms with E-state index >= 15 is 0 Å². The van der Waals surface area contributed by atoms with E-state index in [1.807, 2.05) is 12.1 Å². The maximum Gasteiger partial charge on any atom is 0.117 e. The zero-order valence-corrected chi connectivity index (χ0v) is 12.2. The zero-order chi connectivity index (χ0) is 13.6. The molecule has 1 N–H and O–H groups in total. The lowest BCUT2D eigenvalue weighted by atomic mass is 9.86. The van der Waals surface area contributed by atoms with Gasteiger partial charge in [-0.25, -0.2) is 0 Å². The Balaban J connectivity index is 1.85. The van der Waals surface area contributed by atoms with Crippen LogP contribution in [-0.2, 0) is 11.3 Å². The highest BCUT2D eigenvalue weighted by Gasteiger charge is 2.35. The molecule has 0 spiro atoms. The largest absolute Gasteiger partial charge is 0.468 e. The number of nitrogens with one attached hydrogen (secondary N) is 1. The molecule has 19 heavy (non-hydrogen) atoms. The van der Waals surface area contributed by atoms with Gasteiger partial charge in [0.2, 0.25) is 0 Å². The van der Waals surface area contributed by atoms with Gasteiger partial charge in [-0.3, -0.25) is 4.90 Å². The van der Waals surface area contributed by atoms with Crippen LogP contribution in [0.3, 0.4) is 0 Å². The number of ether oxygens (including phenoxy) is 1. The average molecular weight is 266 g/mol. The van der Waals surface area contributed by atoms with Crippen LogP contribution in [-0.4, -0.2) is 44.8 Å². The Hall–Kier alpha value is -0.840. The predicted molar refractivity (Wildman–Crippen MR) is 76.1 cm³/mol. The van der Waals surface area contributed by atoms with E-state index in [-0.39, 0.29) is 5.41 Å². The molecule has 1 unspecified atom stereocenters. The third-order valence-electron chi connectivity index (χ3n) is 3.72. The van der Waals surface area contributed by atoms with Crippen molar-refractivity contribution < 1.29 is 9.15 Å². The van der Waals surface area contributed by atoms with Crippen molar-refractivity contribution in [3.63, 3.8) is 0 Å². The summed E-state index contributed by atoms with van der Waals surface area (Å²) in [6.07, 6.45) is 4.06. The molecule has 1 aliphatic rings. The summed E-state index contributed by atoms with van der Waals surface area (Å²) in [6.45, 7) is 8.00. The highest BCUT2D eigenvalue weighted by Crippen LogP contribution is 2.29. The summed E-state index contributed by atoms with van der Waals surface area (Å²) < 4.78 is 11.0. The fourth-order valence-electron chi connectivity index (χ4n) is 2.80. The van der Waals surface area contributed by atoms with Gasteiger partial charge in [0.05, 0.1) is 19.4 Å². The topological polar surface area (TPSA) is 37.6 Å². The molecule has 4 heteroatoms. The second kappa shape index (κ2) is 7.08. The third-order valence-corrected chi connectivity index (χ3v) is 3.72. The molecule has 2 heterocycles. The van der Waals surface area contributed by atoms with Gasteiger partial charge in [0.1, 0.15) is 5.76 Å². The molecule has 0 radical (unpaired) electrons. The molecule has 1 fully saturated rings. The minimum Gasteiger partial charge on any atom is -0.468 e. The van der Waals surface area contributed by atoms with Crippen LogP contribution in [0.25, 0.3) is 0 Å². The van der Waals surface area contributed by atoms with Crippen molar-refractivity contribution in [2.45, 2.75) is 26.3 Å². The lowest BCUT2D eigenvalue weighted by molar-refractivity contribution is 0.114. The smallest absolute Gasteiger partial charge is 0.117 e. The van der Waals surface area contributed by atoms with Crippen LogP contribution in [0.1, 0.15) is 25.5 Å². The average Bonchev–Trinajstić information content (AvgIpc) is 3.02. The van der Waals surface area contributed by atoms with Crippen molar-refractivity contribution in [2.75, 3.05) is 39.9 Å². The molecule has 0 bridgehead atoms. The Labute approximate surface area is 116 Å². The molecular weight excluding hydrogens is 240 g/mol. The van der Waals surface area contributed by atoms with E-state index in [0.717, 1.165) is 51.6 Å². The van der Waals surface area contributed by atoms with Crippen LogP contribution in [0.15, 0.2) is 22.8 Å². The van der Waals surface area contributed by atoms with Crippen molar-refractivity contribution in [3.8, 4) is 0 Å². The summed E-state index contributed by atoms with van der Waals surface area (Å²) in [6, 6.07) is 3.98. The van der Waals surface area contributed by atoms with Crippen LogP contribution in [0.4, 0.5) is 0 Å². The first kappa shape index (κ1) is 14.6. The molecule has 1 aromatic heterocycles. The fourth-order valence-corrected chi connectivity index (χ4v) is 2.80. The van der Waals surface area contributed by atoms with Gasteiger partial charge in [0.25, 0.3) is 0 Å². The summed E-state index contributed by atoms with van der Waals surface area (Å²) >= 11 is 0. The molecule has 0 aromatic carbocycles. The van der Waals surface area contributed by atoms with Gasteiger partial charge >= 0.3 is 0 Å². The van der Waals surface area contributed by atoms with E-state index in [1.165, 1.54) is 6.42 Å². The van der Waals surface area contributed by atoms with Gasteiger partial charge in [0, 0.05) is 25.1 Å². The second-order valence-corrected chi connectivity index (χ2v) is 5.73. The molecule has 0 saturated carbocycles. The minimum atomic E-state index is 0.260. The zero-order valence-electron chi connectivity index (χ0n) is 12.2. The lowest BCUT2D eigenvalue weighted by Gasteiger charge is -2.32. The molecule has 1 aromatic rings. The number of rotatable bonds is 8. The molecule has 0 aliphatic carbocycles. The Kier molecular flexibility index (Phi) is 5.43. The Bertz CT molecular complexity index is 345. The summed E-state index contributed by atoms with van der Waals surface area (Å²) in [5.74, 6) is 1.03. The minimum absolute atomic E-state index is 0.260. The quantitative estimate of drug-likeness (QED) is 0.731. The summed E-state index contributed by atoms with van der Waals surface area (Å²) in [5, 5.41) is 3.55. The van der Waals surface area contributed by atoms with E-state index in [0.29, 0.717) is 0 Å². The van der Waals surface area contributed by atoms with E-state index < -0.39 is 0 Å². The first-order valence-electron chi connectivity index (χ1n) is 7.23. The predicted octanol–water partition coefficient (Wildman–Crippen LogP) is 2.12. The molecular formula is C15H26N2O2. The maximum atomic E-state index is 5.64. The lowest BCUT2D eigenvalue weighted by Crippen LogP contribution is -2.43. The normalized spacial score (nSPS) is 23.3. The molecule has 0 amide bonds. The molecule has 4 nitrogen and oxygen atoms in total. The van der Waals surface area contributed by atoms with Crippen molar-refractivity contribution in [1.29, 1.82) is 0 Å². The number of nitrogens with zero attached hydrogens (tertiary/aromatic N) is 1. The molecule has 1 aliphatic heterocycles. The van der Waals surface area contributed by atoms with Crippen LogP contribution < -0.4 is 5.32 Å².